The molecule has 1 rings (SSSR count). The second-order valence-corrected chi connectivity index (χ2v) is 8.35. The number of hydrogen-bond acceptors (Lipinski definition) is 10. The highest BCUT2D eigenvalue weighted by Crippen LogP contribution is 2.30. The van der Waals surface area contributed by atoms with E-state index in [1.54, 1.807) is 7.11 Å². The third-order valence-corrected chi connectivity index (χ3v) is 4.91. The molecule has 0 aromatic heterocycles. The number of hydrogen-bond donors (Lipinski definition) is 2. The summed E-state index contributed by atoms with van der Waals surface area (Å²) in [6.45, 7) is 1.50. The molecule has 11 nitrogen and oxygen atoms in total. The van der Waals surface area contributed by atoms with Crippen LogP contribution in [0.15, 0.2) is 0 Å². The summed E-state index contributed by atoms with van der Waals surface area (Å²) in [4.78, 5) is 23.7. The Morgan fingerprint density at radius 1 is 1.00 bits per heavy atom. The van der Waals surface area contributed by atoms with Crippen LogP contribution in [-0.2, 0) is 43.4 Å². The smallest absolute Gasteiger partial charge is 0.378 e. The van der Waals surface area contributed by atoms with E-state index < -0.39 is 51.9 Å². The molecule has 0 saturated heterocycles. The highest BCUT2D eigenvalue weighted by atomic mass is 32.2. The van der Waals surface area contributed by atoms with E-state index in [9.17, 15) is 31.9 Å². The summed E-state index contributed by atoms with van der Waals surface area (Å²) in [6.07, 6.45) is -2.76. The highest BCUT2D eigenvalue weighted by molar-refractivity contribution is 7.85. The topological polar surface area (TPSA) is 155 Å². The minimum Gasteiger partial charge on any atom is -0.463 e. The zero-order chi connectivity index (χ0) is 23.5. The van der Waals surface area contributed by atoms with Gasteiger partial charge in [0.1, 0.15) is 12.7 Å². The van der Waals surface area contributed by atoms with Gasteiger partial charge in [-0.05, 0) is 12.8 Å². The number of aliphatic hydroxyl groups is 1. The van der Waals surface area contributed by atoms with Gasteiger partial charge in [0.25, 0.3) is 10.1 Å². The average molecular weight is 478 g/mol. The normalized spacial score (nSPS) is 22.2. The number of aliphatic hydroxyl groups excluding tert-OH is 1. The highest BCUT2D eigenvalue weighted by Gasteiger charge is 2.47. The fourth-order valence-corrected chi connectivity index (χ4v) is 3.41. The molecule has 0 amide bonds. The van der Waals surface area contributed by atoms with Crippen molar-refractivity contribution in [2.24, 2.45) is 5.92 Å². The van der Waals surface area contributed by atoms with Crippen LogP contribution in [0.1, 0.15) is 19.3 Å². The van der Waals surface area contributed by atoms with Gasteiger partial charge in [-0.15, -0.1) is 0 Å². The lowest BCUT2D eigenvalue weighted by Crippen LogP contribution is -2.43. The molecule has 0 bridgehead atoms. The minimum absolute atomic E-state index is 0.0114. The van der Waals surface area contributed by atoms with Crippen molar-refractivity contribution in [2.45, 2.75) is 37.4 Å². The van der Waals surface area contributed by atoms with E-state index in [1.165, 1.54) is 0 Å². The summed E-state index contributed by atoms with van der Waals surface area (Å²) in [5, 5.41) is 9.86. The van der Waals surface area contributed by atoms with Gasteiger partial charge >= 0.3 is 17.9 Å². The monoisotopic (exact) mass is 478 g/mol. The van der Waals surface area contributed by atoms with E-state index >= 15 is 0 Å². The molecule has 1 saturated carbocycles. The van der Waals surface area contributed by atoms with Crippen LogP contribution in [-0.4, -0.2) is 101 Å². The van der Waals surface area contributed by atoms with E-state index in [1.807, 2.05) is 0 Å². The molecule has 2 N–H and O–H groups in total. The van der Waals surface area contributed by atoms with Gasteiger partial charge in [-0.25, -0.2) is 4.79 Å². The lowest BCUT2D eigenvalue weighted by Gasteiger charge is -2.31. The molecule has 1 aliphatic rings. The summed E-state index contributed by atoms with van der Waals surface area (Å²) in [6, 6.07) is 0. The molecule has 0 aromatic rings. The van der Waals surface area contributed by atoms with Crippen LogP contribution in [0.4, 0.5) is 8.78 Å². The van der Waals surface area contributed by atoms with Gasteiger partial charge in [0.15, 0.2) is 5.75 Å². The molecule has 31 heavy (non-hydrogen) atoms. The van der Waals surface area contributed by atoms with Crippen molar-refractivity contribution in [3.63, 3.8) is 0 Å². The molecule has 0 spiro atoms. The maximum Gasteiger partial charge on any atom is 0.378 e. The van der Waals surface area contributed by atoms with E-state index in [4.69, 9.17) is 23.5 Å². The minimum atomic E-state index is -5.13. The Kier molecular flexibility index (Phi) is 11.7. The van der Waals surface area contributed by atoms with Gasteiger partial charge in [-0.2, -0.15) is 17.2 Å². The fraction of sp³-hybridized carbons (Fsp3) is 0.882. The molecule has 3 unspecified atom stereocenters. The maximum atomic E-state index is 13.6. The van der Waals surface area contributed by atoms with Gasteiger partial charge in [0, 0.05) is 13.5 Å². The SMILES string of the molecule is COCCOCCOCCOC(=O)C1CC(O)CC(OC(=O)C(F)(F)CS(=O)(=O)O)C1. The lowest BCUT2D eigenvalue weighted by atomic mass is 9.85. The van der Waals surface area contributed by atoms with Crippen LogP contribution >= 0.6 is 0 Å². The Hall–Kier alpha value is -1.45. The molecule has 182 valence electrons. The number of carbonyl (C=O) groups excluding carboxylic acids is 2. The zero-order valence-electron chi connectivity index (χ0n) is 17.0. The first-order chi connectivity index (χ1) is 14.4. The number of rotatable bonds is 14. The first-order valence-corrected chi connectivity index (χ1v) is 11.1. The van der Waals surface area contributed by atoms with E-state index in [0.717, 1.165) is 0 Å². The van der Waals surface area contributed by atoms with Crippen molar-refractivity contribution >= 4 is 22.1 Å². The Labute approximate surface area is 178 Å². The molecule has 1 aliphatic carbocycles. The van der Waals surface area contributed by atoms with Crippen LogP contribution in [0.2, 0.25) is 0 Å². The largest absolute Gasteiger partial charge is 0.463 e. The lowest BCUT2D eigenvalue weighted by molar-refractivity contribution is -0.180. The molecule has 0 heterocycles. The van der Waals surface area contributed by atoms with Crippen molar-refractivity contribution < 1.29 is 60.1 Å². The maximum absolute atomic E-state index is 13.6. The van der Waals surface area contributed by atoms with E-state index in [2.05, 4.69) is 4.74 Å². The molecule has 14 heteroatoms. The number of carbonyl (C=O) groups is 2. The average Bonchev–Trinajstić information content (AvgIpc) is 2.64. The number of methoxy groups -OCH3 is 1. The molecular formula is C17H28F2O11S. The van der Waals surface area contributed by atoms with Crippen molar-refractivity contribution in [3.8, 4) is 0 Å². The van der Waals surface area contributed by atoms with E-state index in [-0.39, 0.29) is 39.1 Å². The van der Waals surface area contributed by atoms with Gasteiger partial charge in [0.05, 0.1) is 45.1 Å². The Morgan fingerprint density at radius 3 is 2.16 bits per heavy atom. The number of esters is 2. The third kappa shape index (κ3) is 11.7. The van der Waals surface area contributed by atoms with Crippen molar-refractivity contribution in [1.29, 1.82) is 0 Å². The summed E-state index contributed by atoms with van der Waals surface area (Å²) in [5.41, 5.74) is 0. The fourth-order valence-electron chi connectivity index (χ4n) is 2.84. The predicted molar refractivity (Wildman–Crippen MR) is 99.1 cm³/mol. The second kappa shape index (κ2) is 13.2. The number of halogens is 2. The van der Waals surface area contributed by atoms with Crippen LogP contribution in [0.5, 0.6) is 0 Å². The Balaban J connectivity index is 2.39. The summed E-state index contributed by atoms with van der Waals surface area (Å²) >= 11 is 0. The predicted octanol–water partition coefficient (Wildman–Crippen LogP) is -0.195. The zero-order valence-corrected chi connectivity index (χ0v) is 17.9. The molecule has 0 aromatic carbocycles. The Bertz CT molecular complexity index is 671. The second-order valence-electron chi connectivity index (χ2n) is 6.90. The van der Waals surface area contributed by atoms with Crippen molar-refractivity contribution in [1.82, 2.24) is 0 Å². The quantitative estimate of drug-likeness (QED) is 0.194. The Morgan fingerprint density at radius 2 is 1.58 bits per heavy atom. The van der Waals surface area contributed by atoms with Gasteiger partial charge in [0.2, 0.25) is 0 Å². The van der Waals surface area contributed by atoms with Crippen LogP contribution in [0, 0.1) is 5.92 Å². The molecule has 1 fully saturated rings. The van der Waals surface area contributed by atoms with E-state index in [0.29, 0.717) is 19.8 Å². The van der Waals surface area contributed by atoms with Gasteiger partial charge in [-0.3, -0.25) is 9.35 Å². The van der Waals surface area contributed by atoms with Crippen LogP contribution < -0.4 is 0 Å². The third-order valence-electron chi connectivity index (χ3n) is 4.18. The number of alkyl halides is 2. The number of ether oxygens (including phenoxy) is 5. The van der Waals surface area contributed by atoms with Crippen LogP contribution in [0.25, 0.3) is 0 Å². The standard InChI is InChI=1S/C17H28F2O11S/c1-26-2-3-27-4-5-28-6-7-29-15(21)12-8-13(20)10-14(9-12)30-16(22)17(18,19)11-31(23,24)25/h12-14,20H,2-11H2,1H3,(H,23,24,25). The van der Waals surface area contributed by atoms with Crippen molar-refractivity contribution in [2.75, 3.05) is 52.5 Å². The summed E-state index contributed by atoms with van der Waals surface area (Å²) in [7, 11) is -3.58. The van der Waals surface area contributed by atoms with Gasteiger partial charge < -0.3 is 28.8 Å². The van der Waals surface area contributed by atoms with Crippen molar-refractivity contribution in [3.05, 3.63) is 0 Å². The molecular weight excluding hydrogens is 450 g/mol. The first-order valence-electron chi connectivity index (χ1n) is 9.47. The summed E-state index contributed by atoms with van der Waals surface area (Å²) in [5.74, 6) is -10.4. The first kappa shape index (κ1) is 27.6. The molecule has 3 atom stereocenters. The molecule has 0 radical (unpaired) electrons. The molecule has 0 aliphatic heterocycles. The van der Waals surface area contributed by atoms with Crippen LogP contribution in [0.3, 0.4) is 0 Å². The van der Waals surface area contributed by atoms with Gasteiger partial charge in [-0.1, -0.05) is 0 Å². The summed E-state index contributed by atoms with van der Waals surface area (Å²) < 4.78 is 81.7.